The van der Waals surface area contributed by atoms with Crippen LogP contribution >= 0.6 is 0 Å². The molecule has 24 heavy (non-hydrogen) atoms. The standard InChI is InChI=1S/C20H24N2O2/c1-15(23)16-10-7-11-17(12-16)20(24)22(4)14-19-9-6-5-8-18(19)13-21(2)3/h5-12H,13-14H2,1-4H3. The van der Waals surface area contributed by atoms with E-state index in [0.717, 1.165) is 12.1 Å². The van der Waals surface area contributed by atoms with E-state index in [9.17, 15) is 9.59 Å². The van der Waals surface area contributed by atoms with E-state index in [4.69, 9.17) is 0 Å². The van der Waals surface area contributed by atoms with Crippen LogP contribution in [-0.2, 0) is 13.1 Å². The Morgan fingerprint density at radius 1 is 0.833 bits per heavy atom. The lowest BCUT2D eigenvalue weighted by atomic mass is 10.1. The minimum Gasteiger partial charge on any atom is -0.337 e. The third-order valence-electron chi connectivity index (χ3n) is 3.88. The lowest BCUT2D eigenvalue weighted by Crippen LogP contribution is -2.27. The Morgan fingerprint density at radius 3 is 2.00 bits per heavy atom. The molecule has 0 atom stereocenters. The van der Waals surface area contributed by atoms with Crippen molar-refractivity contribution in [2.75, 3.05) is 21.1 Å². The van der Waals surface area contributed by atoms with Crippen molar-refractivity contribution in [1.29, 1.82) is 0 Å². The number of amides is 1. The zero-order valence-electron chi connectivity index (χ0n) is 14.7. The monoisotopic (exact) mass is 324 g/mol. The maximum Gasteiger partial charge on any atom is 0.253 e. The van der Waals surface area contributed by atoms with Gasteiger partial charge in [0.1, 0.15) is 0 Å². The van der Waals surface area contributed by atoms with Crippen molar-refractivity contribution in [3.05, 3.63) is 70.8 Å². The summed E-state index contributed by atoms with van der Waals surface area (Å²) in [4.78, 5) is 28.0. The molecule has 0 heterocycles. The van der Waals surface area contributed by atoms with Gasteiger partial charge in [0, 0.05) is 31.3 Å². The largest absolute Gasteiger partial charge is 0.337 e. The van der Waals surface area contributed by atoms with Gasteiger partial charge in [0.15, 0.2) is 5.78 Å². The van der Waals surface area contributed by atoms with Gasteiger partial charge in [-0.25, -0.2) is 0 Å². The zero-order valence-corrected chi connectivity index (χ0v) is 14.7. The summed E-state index contributed by atoms with van der Waals surface area (Å²) in [5, 5.41) is 0. The number of Topliss-reactive ketones (excluding diaryl/α,β-unsaturated/α-hetero) is 1. The molecule has 0 spiro atoms. The van der Waals surface area contributed by atoms with Crippen LogP contribution in [0.3, 0.4) is 0 Å². The van der Waals surface area contributed by atoms with E-state index in [-0.39, 0.29) is 11.7 Å². The van der Waals surface area contributed by atoms with Gasteiger partial charge in [-0.1, -0.05) is 36.4 Å². The van der Waals surface area contributed by atoms with Crippen molar-refractivity contribution in [3.8, 4) is 0 Å². The summed E-state index contributed by atoms with van der Waals surface area (Å²) >= 11 is 0. The Morgan fingerprint density at radius 2 is 1.42 bits per heavy atom. The van der Waals surface area contributed by atoms with Crippen molar-refractivity contribution in [2.24, 2.45) is 0 Å². The van der Waals surface area contributed by atoms with Gasteiger partial charge < -0.3 is 9.80 Å². The van der Waals surface area contributed by atoms with Gasteiger partial charge in [-0.15, -0.1) is 0 Å². The summed E-state index contributed by atoms with van der Waals surface area (Å²) in [6, 6.07) is 15.0. The number of nitrogens with zero attached hydrogens (tertiary/aromatic N) is 2. The third kappa shape index (κ3) is 4.52. The molecule has 0 aliphatic carbocycles. The first-order valence-electron chi connectivity index (χ1n) is 7.96. The highest BCUT2D eigenvalue weighted by molar-refractivity contribution is 5.99. The quantitative estimate of drug-likeness (QED) is 0.766. The maximum absolute atomic E-state index is 12.7. The van der Waals surface area contributed by atoms with E-state index in [0.29, 0.717) is 17.7 Å². The molecule has 0 aliphatic heterocycles. The summed E-state index contributed by atoms with van der Waals surface area (Å²) in [5.41, 5.74) is 3.43. The Labute approximate surface area is 143 Å². The van der Waals surface area contributed by atoms with Crippen LogP contribution in [0.4, 0.5) is 0 Å². The lowest BCUT2D eigenvalue weighted by Gasteiger charge is -2.21. The van der Waals surface area contributed by atoms with E-state index < -0.39 is 0 Å². The smallest absolute Gasteiger partial charge is 0.253 e. The minimum absolute atomic E-state index is 0.0383. The van der Waals surface area contributed by atoms with Crippen LogP contribution in [0.25, 0.3) is 0 Å². The fraction of sp³-hybridized carbons (Fsp3) is 0.300. The Balaban J connectivity index is 2.18. The van der Waals surface area contributed by atoms with Crippen LogP contribution in [0.5, 0.6) is 0 Å². The van der Waals surface area contributed by atoms with Crippen molar-refractivity contribution in [1.82, 2.24) is 9.80 Å². The number of ketones is 1. The molecular formula is C20H24N2O2. The zero-order chi connectivity index (χ0) is 17.7. The molecule has 2 rings (SSSR count). The Hall–Kier alpha value is -2.46. The molecule has 0 fully saturated rings. The van der Waals surface area contributed by atoms with Crippen molar-refractivity contribution in [3.63, 3.8) is 0 Å². The second kappa shape index (κ2) is 7.88. The highest BCUT2D eigenvalue weighted by Gasteiger charge is 2.15. The normalized spacial score (nSPS) is 10.7. The van der Waals surface area contributed by atoms with E-state index in [2.05, 4.69) is 17.0 Å². The van der Waals surface area contributed by atoms with Crippen LogP contribution in [0, 0.1) is 0 Å². The van der Waals surface area contributed by atoms with Crippen molar-refractivity contribution >= 4 is 11.7 Å². The average Bonchev–Trinajstić information content (AvgIpc) is 2.55. The van der Waals surface area contributed by atoms with Crippen LogP contribution < -0.4 is 0 Å². The molecule has 0 saturated heterocycles. The van der Waals surface area contributed by atoms with E-state index in [1.165, 1.54) is 12.5 Å². The lowest BCUT2D eigenvalue weighted by molar-refractivity contribution is 0.0784. The molecule has 4 heteroatoms. The second-order valence-corrected chi connectivity index (χ2v) is 6.30. The molecule has 0 aliphatic rings. The van der Waals surface area contributed by atoms with E-state index in [1.54, 1.807) is 36.2 Å². The summed E-state index contributed by atoms with van der Waals surface area (Å²) in [6.07, 6.45) is 0. The van der Waals surface area contributed by atoms with Gasteiger partial charge in [-0.2, -0.15) is 0 Å². The van der Waals surface area contributed by atoms with E-state index in [1.807, 2.05) is 26.2 Å². The van der Waals surface area contributed by atoms with Gasteiger partial charge in [0.05, 0.1) is 0 Å². The summed E-state index contributed by atoms with van der Waals surface area (Å²) in [5.74, 6) is -0.124. The van der Waals surface area contributed by atoms with Crippen LogP contribution in [0.1, 0.15) is 38.8 Å². The molecule has 4 nitrogen and oxygen atoms in total. The Kier molecular flexibility index (Phi) is 5.88. The summed E-state index contributed by atoms with van der Waals surface area (Å²) in [7, 11) is 5.84. The van der Waals surface area contributed by atoms with Gasteiger partial charge in [0.2, 0.25) is 0 Å². The first kappa shape index (κ1) is 17.9. The molecule has 0 N–H and O–H groups in total. The maximum atomic E-state index is 12.7. The van der Waals surface area contributed by atoms with E-state index >= 15 is 0 Å². The second-order valence-electron chi connectivity index (χ2n) is 6.30. The fourth-order valence-electron chi connectivity index (χ4n) is 2.63. The number of carbonyl (C=O) groups excluding carboxylic acids is 2. The molecule has 0 radical (unpaired) electrons. The van der Waals surface area contributed by atoms with Gasteiger partial charge in [-0.05, 0) is 44.3 Å². The molecule has 1 amide bonds. The summed E-state index contributed by atoms with van der Waals surface area (Å²) in [6.45, 7) is 2.87. The summed E-state index contributed by atoms with van der Waals surface area (Å²) < 4.78 is 0. The molecule has 2 aromatic rings. The molecule has 2 aromatic carbocycles. The molecule has 126 valence electrons. The molecule has 0 aromatic heterocycles. The van der Waals surface area contributed by atoms with Crippen molar-refractivity contribution < 1.29 is 9.59 Å². The van der Waals surface area contributed by atoms with Crippen LogP contribution in [0.15, 0.2) is 48.5 Å². The minimum atomic E-state index is -0.0854. The highest BCUT2D eigenvalue weighted by Crippen LogP contribution is 2.15. The highest BCUT2D eigenvalue weighted by atomic mass is 16.2. The predicted octanol–water partition coefficient (Wildman–Crippen LogP) is 3.22. The van der Waals surface area contributed by atoms with Gasteiger partial charge in [0.25, 0.3) is 5.91 Å². The number of hydrogen-bond acceptors (Lipinski definition) is 3. The van der Waals surface area contributed by atoms with Gasteiger partial charge in [-0.3, -0.25) is 9.59 Å². The van der Waals surface area contributed by atoms with Crippen LogP contribution in [-0.4, -0.2) is 42.6 Å². The SMILES string of the molecule is CC(=O)c1cccc(C(=O)N(C)Cc2ccccc2CN(C)C)c1. The molecule has 0 bridgehead atoms. The first-order chi connectivity index (χ1) is 11.4. The number of carbonyl (C=O) groups is 2. The Bertz CT molecular complexity index is 738. The topological polar surface area (TPSA) is 40.6 Å². The van der Waals surface area contributed by atoms with Crippen molar-refractivity contribution in [2.45, 2.75) is 20.0 Å². The number of hydrogen-bond donors (Lipinski definition) is 0. The molecule has 0 saturated carbocycles. The van der Waals surface area contributed by atoms with Crippen LogP contribution in [0.2, 0.25) is 0 Å². The average molecular weight is 324 g/mol. The third-order valence-corrected chi connectivity index (χ3v) is 3.88. The van der Waals surface area contributed by atoms with Gasteiger partial charge >= 0.3 is 0 Å². The first-order valence-corrected chi connectivity index (χ1v) is 7.96. The molecule has 0 unspecified atom stereocenters. The molecular weight excluding hydrogens is 300 g/mol. The predicted molar refractivity (Wildman–Crippen MR) is 96.1 cm³/mol. The number of rotatable bonds is 6. The number of benzene rings is 2. The fourth-order valence-corrected chi connectivity index (χ4v) is 2.63.